The normalized spacial score (nSPS) is 10.5. The lowest BCUT2D eigenvalue weighted by atomic mass is 10.1. The van der Waals surface area contributed by atoms with Crippen molar-refractivity contribution in [2.45, 2.75) is 6.92 Å². The number of carbonyl (C=O) groups excluding carboxylic acids is 1. The molecule has 0 aliphatic carbocycles. The van der Waals surface area contributed by atoms with Crippen LogP contribution in [-0.2, 0) is 0 Å². The molecule has 0 unspecified atom stereocenters. The molecule has 144 valence electrons. The maximum Gasteiger partial charge on any atom is 0.311 e. The number of nitro groups is 1. The number of halogens is 1. The number of fused-ring (bicyclic) bond motifs is 1. The van der Waals surface area contributed by atoms with Crippen LogP contribution in [-0.4, -0.2) is 31.3 Å². The highest BCUT2D eigenvalue weighted by Gasteiger charge is 2.19. The van der Waals surface area contributed by atoms with E-state index in [1.54, 1.807) is 19.1 Å². The van der Waals surface area contributed by atoms with Crippen molar-refractivity contribution >= 4 is 69.0 Å². The van der Waals surface area contributed by atoms with E-state index in [0.29, 0.717) is 21.7 Å². The van der Waals surface area contributed by atoms with Crippen molar-refractivity contribution in [3.8, 4) is 5.75 Å². The molecule has 1 amide bonds. The second kappa shape index (κ2) is 8.42. The Morgan fingerprint density at radius 3 is 2.86 bits per heavy atom. The molecular weight excluding hydrogens is 426 g/mol. The van der Waals surface area contributed by atoms with Crippen molar-refractivity contribution in [2.75, 3.05) is 11.9 Å². The van der Waals surface area contributed by atoms with Gasteiger partial charge in [-0.25, -0.2) is 0 Å². The number of amides is 1. The molecule has 0 spiro atoms. The molecule has 3 aromatic rings. The maximum atomic E-state index is 12.4. The molecule has 1 heterocycles. The van der Waals surface area contributed by atoms with Crippen LogP contribution in [0.3, 0.4) is 0 Å². The van der Waals surface area contributed by atoms with Gasteiger partial charge in [0.2, 0.25) is 0 Å². The first-order chi connectivity index (χ1) is 13.4. The standard InChI is InChI=1S/C16H12ClN5O4S2/c1-2-26-12-6-3-8(7-11(12)22(24)25)15(23)19-16(27)18-13-9(17)4-5-10-14(13)21-28-20-10/h3-7H,2H2,1H3,(H2,18,19,23,27). The Hall–Kier alpha value is -2.89. The number of carbonyl (C=O) groups is 1. The van der Waals surface area contributed by atoms with Crippen LogP contribution in [0, 0.1) is 10.1 Å². The quantitative estimate of drug-likeness (QED) is 0.351. The second-order valence-corrected chi connectivity index (χ2v) is 6.68. The van der Waals surface area contributed by atoms with Gasteiger partial charge in [-0.15, -0.1) is 0 Å². The Morgan fingerprint density at radius 2 is 2.14 bits per heavy atom. The molecule has 3 rings (SSSR count). The zero-order chi connectivity index (χ0) is 20.3. The predicted molar refractivity (Wildman–Crippen MR) is 110 cm³/mol. The van der Waals surface area contributed by atoms with Crippen molar-refractivity contribution in [3.05, 3.63) is 51.0 Å². The first-order valence-electron chi connectivity index (χ1n) is 7.85. The Balaban J connectivity index is 1.78. The molecule has 0 aliphatic heterocycles. The van der Waals surface area contributed by atoms with Gasteiger partial charge in [-0.1, -0.05) is 11.6 Å². The Bertz CT molecular complexity index is 1090. The number of thiocarbonyl (C=S) groups is 1. The van der Waals surface area contributed by atoms with E-state index in [9.17, 15) is 14.9 Å². The SMILES string of the molecule is CCOc1ccc(C(=O)NC(=S)Nc2c(Cl)ccc3nsnc23)cc1[N+](=O)[O-]. The number of nitrogens with zero attached hydrogens (tertiary/aromatic N) is 3. The molecule has 0 saturated carbocycles. The highest BCUT2D eigenvalue weighted by atomic mass is 35.5. The number of nitro benzene ring substituents is 1. The number of hydrogen-bond donors (Lipinski definition) is 2. The third kappa shape index (κ3) is 4.16. The van der Waals surface area contributed by atoms with E-state index in [-0.39, 0.29) is 28.7 Å². The molecule has 0 saturated heterocycles. The highest BCUT2D eigenvalue weighted by molar-refractivity contribution is 7.80. The van der Waals surface area contributed by atoms with Gasteiger partial charge in [-0.3, -0.25) is 20.2 Å². The van der Waals surface area contributed by atoms with Crippen molar-refractivity contribution in [2.24, 2.45) is 0 Å². The van der Waals surface area contributed by atoms with E-state index in [1.165, 1.54) is 12.1 Å². The molecule has 2 N–H and O–H groups in total. The number of benzene rings is 2. The molecule has 2 aromatic carbocycles. The van der Waals surface area contributed by atoms with E-state index in [4.69, 9.17) is 28.6 Å². The van der Waals surface area contributed by atoms with Gasteiger partial charge in [0.05, 0.1) is 34.0 Å². The molecule has 0 atom stereocenters. The smallest absolute Gasteiger partial charge is 0.311 e. The fourth-order valence-corrected chi connectivity index (χ4v) is 3.28. The number of hydrogen-bond acceptors (Lipinski definition) is 8. The van der Waals surface area contributed by atoms with Gasteiger partial charge in [0.15, 0.2) is 10.9 Å². The summed E-state index contributed by atoms with van der Waals surface area (Å²) in [7, 11) is 0. The van der Waals surface area contributed by atoms with Crippen LogP contribution < -0.4 is 15.4 Å². The summed E-state index contributed by atoms with van der Waals surface area (Å²) >= 11 is 12.3. The first kappa shape index (κ1) is 19.9. The average Bonchev–Trinajstić information content (AvgIpc) is 3.13. The number of rotatable bonds is 5. The van der Waals surface area contributed by atoms with Crippen LogP contribution in [0.2, 0.25) is 5.02 Å². The van der Waals surface area contributed by atoms with Gasteiger partial charge < -0.3 is 10.1 Å². The van der Waals surface area contributed by atoms with Crippen LogP contribution in [0.1, 0.15) is 17.3 Å². The molecule has 0 bridgehead atoms. The van der Waals surface area contributed by atoms with Crippen molar-refractivity contribution in [3.63, 3.8) is 0 Å². The molecule has 28 heavy (non-hydrogen) atoms. The van der Waals surface area contributed by atoms with E-state index in [1.807, 2.05) is 0 Å². The van der Waals surface area contributed by atoms with Gasteiger partial charge in [0.25, 0.3) is 5.91 Å². The highest BCUT2D eigenvalue weighted by Crippen LogP contribution is 2.30. The van der Waals surface area contributed by atoms with Crippen LogP contribution in [0.4, 0.5) is 11.4 Å². The lowest BCUT2D eigenvalue weighted by Crippen LogP contribution is -2.34. The summed E-state index contributed by atoms with van der Waals surface area (Å²) in [6.45, 7) is 1.97. The van der Waals surface area contributed by atoms with Crippen molar-refractivity contribution < 1.29 is 14.5 Å². The van der Waals surface area contributed by atoms with Crippen LogP contribution in [0.5, 0.6) is 5.75 Å². The summed E-state index contributed by atoms with van der Waals surface area (Å²) < 4.78 is 13.5. The largest absolute Gasteiger partial charge is 0.487 e. The summed E-state index contributed by atoms with van der Waals surface area (Å²) in [6, 6.07) is 7.25. The maximum absolute atomic E-state index is 12.4. The zero-order valence-corrected chi connectivity index (χ0v) is 16.7. The van der Waals surface area contributed by atoms with Gasteiger partial charge in [0.1, 0.15) is 11.0 Å². The molecule has 0 radical (unpaired) electrons. The summed E-state index contributed by atoms with van der Waals surface area (Å²) in [6.07, 6.45) is 0. The van der Waals surface area contributed by atoms with Crippen LogP contribution in [0.25, 0.3) is 11.0 Å². The second-order valence-electron chi connectivity index (χ2n) is 5.34. The van der Waals surface area contributed by atoms with E-state index < -0.39 is 10.8 Å². The Kier molecular flexibility index (Phi) is 5.97. The first-order valence-corrected chi connectivity index (χ1v) is 9.36. The van der Waals surface area contributed by atoms with Gasteiger partial charge in [-0.2, -0.15) is 8.75 Å². The minimum Gasteiger partial charge on any atom is -0.487 e. The summed E-state index contributed by atoms with van der Waals surface area (Å²) in [5.74, 6) is -0.539. The lowest BCUT2D eigenvalue weighted by Gasteiger charge is -2.11. The lowest BCUT2D eigenvalue weighted by molar-refractivity contribution is -0.385. The van der Waals surface area contributed by atoms with Gasteiger partial charge in [-0.05, 0) is 43.4 Å². The monoisotopic (exact) mass is 437 g/mol. The minimum absolute atomic E-state index is 0.0380. The van der Waals surface area contributed by atoms with Gasteiger partial charge in [0, 0.05) is 11.6 Å². The average molecular weight is 438 g/mol. The molecule has 9 nitrogen and oxygen atoms in total. The fourth-order valence-electron chi connectivity index (χ4n) is 2.34. The predicted octanol–water partition coefficient (Wildman–Crippen LogP) is 3.78. The Morgan fingerprint density at radius 1 is 1.36 bits per heavy atom. The molecule has 0 fully saturated rings. The topological polar surface area (TPSA) is 119 Å². The number of aromatic nitrogens is 2. The van der Waals surface area contributed by atoms with E-state index in [0.717, 1.165) is 17.8 Å². The summed E-state index contributed by atoms with van der Waals surface area (Å²) in [5, 5.41) is 16.8. The zero-order valence-electron chi connectivity index (χ0n) is 14.3. The Labute approximate surface area is 173 Å². The third-order valence-corrected chi connectivity index (χ3v) is 4.62. The fraction of sp³-hybridized carbons (Fsp3) is 0.125. The summed E-state index contributed by atoms with van der Waals surface area (Å²) in [5.41, 5.74) is 1.31. The minimum atomic E-state index is -0.622. The molecule has 0 aliphatic rings. The van der Waals surface area contributed by atoms with E-state index >= 15 is 0 Å². The number of anilines is 1. The molecule has 1 aromatic heterocycles. The number of nitrogens with one attached hydrogen (secondary N) is 2. The molecule has 12 heteroatoms. The van der Waals surface area contributed by atoms with Crippen LogP contribution >= 0.6 is 35.5 Å². The third-order valence-electron chi connectivity index (χ3n) is 3.56. The summed E-state index contributed by atoms with van der Waals surface area (Å²) in [4.78, 5) is 23.0. The van der Waals surface area contributed by atoms with Crippen molar-refractivity contribution in [1.82, 2.24) is 14.1 Å². The van der Waals surface area contributed by atoms with Gasteiger partial charge >= 0.3 is 5.69 Å². The van der Waals surface area contributed by atoms with Crippen LogP contribution in [0.15, 0.2) is 30.3 Å². The van der Waals surface area contributed by atoms with Crippen molar-refractivity contribution in [1.29, 1.82) is 0 Å². The molecular formula is C16H12ClN5O4S2. The number of ether oxygens (including phenoxy) is 1. The van der Waals surface area contributed by atoms with E-state index in [2.05, 4.69) is 19.4 Å².